The van der Waals surface area contributed by atoms with Crippen LogP contribution in [0.3, 0.4) is 0 Å². The zero-order chi connectivity index (χ0) is 26.5. The number of hydrogen-bond acceptors (Lipinski definition) is 7. The van der Waals surface area contributed by atoms with Gasteiger partial charge in [0.05, 0.1) is 46.0 Å². The first-order valence-corrected chi connectivity index (χ1v) is 11.2. The molecule has 0 saturated heterocycles. The first kappa shape index (κ1) is 24.2. The summed E-state index contributed by atoms with van der Waals surface area (Å²) in [6, 6.07) is 10.0. The van der Waals surface area contributed by atoms with Crippen molar-refractivity contribution >= 4 is 22.5 Å². The van der Waals surface area contributed by atoms with Crippen molar-refractivity contribution in [3.8, 4) is 11.3 Å². The molecule has 5 aromatic rings. The molecule has 12 heteroatoms. The number of alkyl halides is 3. The van der Waals surface area contributed by atoms with Crippen molar-refractivity contribution in [2.24, 2.45) is 0 Å². The molecule has 0 aliphatic heterocycles. The Morgan fingerprint density at radius 1 is 1.05 bits per heavy atom. The van der Waals surface area contributed by atoms with E-state index in [-0.39, 0.29) is 17.8 Å². The average molecular weight is 510 g/mol. The normalized spacial score (nSPS) is 11.9. The number of carbonyl (C=O) groups is 1. The van der Waals surface area contributed by atoms with Gasteiger partial charge in [-0.05, 0) is 39.8 Å². The van der Waals surface area contributed by atoms with Crippen molar-refractivity contribution in [3.63, 3.8) is 0 Å². The number of aromatic nitrogens is 5. The highest BCUT2D eigenvalue weighted by molar-refractivity contribution is 6.13. The number of benzene rings is 1. The van der Waals surface area contributed by atoms with E-state index in [1.807, 2.05) is 0 Å². The molecule has 37 heavy (non-hydrogen) atoms. The second-order valence-corrected chi connectivity index (χ2v) is 8.62. The maximum absolute atomic E-state index is 13.9. The molecule has 0 spiro atoms. The van der Waals surface area contributed by atoms with Gasteiger partial charge in [-0.25, -0.2) is 4.98 Å². The number of nitrogens with one attached hydrogen (secondary N) is 1. The largest absolute Gasteiger partial charge is 0.437 e. The van der Waals surface area contributed by atoms with Crippen LogP contribution in [0.2, 0.25) is 0 Å². The van der Waals surface area contributed by atoms with Crippen molar-refractivity contribution in [3.05, 3.63) is 76.3 Å². The molecular weight excluding hydrogens is 489 g/mol. The summed E-state index contributed by atoms with van der Waals surface area (Å²) >= 11 is 0. The summed E-state index contributed by atoms with van der Waals surface area (Å²) in [5.41, 5.74) is 1.13. The second kappa shape index (κ2) is 8.87. The van der Waals surface area contributed by atoms with E-state index >= 15 is 0 Å². The van der Waals surface area contributed by atoms with Gasteiger partial charge in [-0.15, -0.1) is 0 Å². The van der Waals surface area contributed by atoms with Crippen LogP contribution in [0.15, 0.2) is 45.4 Å². The Balaban J connectivity index is 1.59. The summed E-state index contributed by atoms with van der Waals surface area (Å²) in [6.45, 7) is 6.53. The lowest BCUT2D eigenvalue weighted by atomic mass is 10.0. The van der Waals surface area contributed by atoms with Gasteiger partial charge in [0.15, 0.2) is 5.69 Å². The lowest BCUT2D eigenvalue weighted by Crippen LogP contribution is -2.17. The highest BCUT2D eigenvalue weighted by atomic mass is 19.4. The SMILES string of the molecule is Cc1cc(Cn2nc(C(F)(F)F)c(NC(=O)c3cc(-c4c(C)noc4C)nc4ccccc34)c2C)no1. The van der Waals surface area contributed by atoms with Gasteiger partial charge in [0.25, 0.3) is 5.91 Å². The van der Waals surface area contributed by atoms with Crippen LogP contribution in [0.25, 0.3) is 22.2 Å². The van der Waals surface area contributed by atoms with Gasteiger partial charge in [-0.1, -0.05) is 28.5 Å². The lowest BCUT2D eigenvalue weighted by molar-refractivity contribution is -0.140. The summed E-state index contributed by atoms with van der Waals surface area (Å²) in [4.78, 5) is 18.1. The van der Waals surface area contributed by atoms with E-state index in [9.17, 15) is 18.0 Å². The summed E-state index contributed by atoms with van der Waals surface area (Å²) < 4.78 is 53.2. The fourth-order valence-corrected chi connectivity index (χ4v) is 4.21. The number of fused-ring (bicyclic) bond motifs is 1. The lowest BCUT2D eigenvalue weighted by Gasteiger charge is -2.12. The van der Waals surface area contributed by atoms with Crippen molar-refractivity contribution in [1.82, 2.24) is 25.1 Å². The van der Waals surface area contributed by atoms with Crippen LogP contribution in [0.1, 0.15) is 44.7 Å². The molecule has 0 fully saturated rings. The number of hydrogen-bond donors (Lipinski definition) is 1. The number of nitrogens with zero attached hydrogens (tertiary/aromatic N) is 5. The first-order valence-electron chi connectivity index (χ1n) is 11.2. The number of carbonyl (C=O) groups excluding carboxylic acids is 1. The number of para-hydroxylation sites is 1. The number of anilines is 1. The summed E-state index contributed by atoms with van der Waals surface area (Å²) in [5.74, 6) is 0.284. The van der Waals surface area contributed by atoms with Crippen molar-refractivity contribution < 1.29 is 27.0 Å². The van der Waals surface area contributed by atoms with Gasteiger partial charge in [0.1, 0.15) is 17.2 Å². The van der Waals surface area contributed by atoms with Crippen LogP contribution in [0.4, 0.5) is 18.9 Å². The molecule has 0 aliphatic rings. The minimum absolute atomic E-state index is 0.0590. The highest BCUT2D eigenvalue weighted by Crippen LogP contribution is 2.37. The zero-order valence-electron chi connectivity index (χ0n) is 20.3. The third-order valence-corrected chi connectivity index (χ3v) is 5.95. The third-order valence-electron chi connectivity index (χ3n) is 5.95. The van der Waals surface area contributed by atoms with Crippen LogP contribution in [-0.4, -0.2) is 31.0 Å². The smallest absolute Gasteiger partial charge is 0.361 e. The predicted molar refractivity (Wildman–Crippen MR) is 127 cm³/mol. The van der Waals surface area contributed by atoms with Gasteiger partial charge >= 0.3 is 6.18 Å². The van der Waals surface area contributed by atoms with E-state index in [0.29, 0.717) is 45.1 Å². The van der Waals surface area contributed by atoms with E-state index in [0.717, 1.165) is 4.68 Å². The Morgan fingerprint density at radius 3 is 2.46 bits per heavy atom. The summed E-state index contributed by atoms with van der Waals surface area (Å²) in [7, 11) is 0. The monoisotopic (exact) mass is 510 g/mol. The molecule has 4 aromatic heterocycles. The molecular formula is C25H21F3N6O3. The number of aryl methyl sites for hydroxylation is 3. The summed E-state index contributed by atoms with van der Waals surface area (Å²) in [5, 5.41) is 14.4. The number of halogens is 3. The number of amides is 1. The van der Waals surface area contributed by atoms with Crippen LogP contribution in [0, 0.1) is 27.7 Å². The van der Waals surface area contributed by atoms with Gasteiger partial charge in [-0.2, -0.15) is 18.3 Å². The van der Waals surface area contributed by atoms with Gasteiger partial charge < -0.3 is 14.4 Å². The fraction of sp³-hybridized carbons (Fsp3) is 0.240. The Hall–Kier alpha value is -4.48. The van der Waals surface area contributed by atoms with E-state index in [1.54, 1.807) is 51.1 Å². The minimum atomic E-state index is -4.81. The maximum atomic E-state index is 13.9. The first-order chi connectivity index (χ1) is 17.5. The predicted octanol–water partition coefficient (Wildman–Crippen LogP) is 5.63. The molecule has 0 bridgehead atoms. The minimum Gasteiger partial charge on any atom is -0.361 e. The van der Waals surface area contributed by atoms with Crippen LogP contribution in [-0.2, 0) is 12.7 Å². The van der Waals surface area contributed by atoms with Crippen molar-refractivity contribution in [1.29, 1.82) is 0 Å². The van der Waals surface area contributed by atoms with Crippen LogP contribution in [0.5, 0.6) is 0 Å². The number of rotatable bonds is 5. The van der Waals surface area contributed by atoms with Gasteiger partial charge in [-0.3, -0.25) is 9.48 Å². The average Bonchev–Trinajstić information content (AvgIpc) is 3.50. The fourth-order valence-electron chi connectivity index (χ4n) is 4.21. The summed E-state index contributed by atoms with van der Waals surface area (Å²) in [6.07, 6.45) is -4.81. The molecule has 5 rings (SSSR count). The van der Waals surface area contributed by atoms with E-state index < -0.39 is 23.5 Å². The molecule has 9 nitrogen and oxygen atoms in total. The third kappa shape index (κ3) is 4.46. The Kier molecular flexibility index (Phi) is 5.81. The van der Waals surface area contributed by atoms with Crippen molar-refractivity contribution in [2.45, 2.75) is 40.4 Å². The molecule has 1 N–H and O–H groups in total. The molecule has 0 saturated carbocycles. The molecule has 4 heterocycles. The Morgan fingerprint density at radius 2 is 1.81 bits per heavy atom. The van der Waals surface area contributed by atoms with E-state index in [2.05, 4.69) is 25.7 Å². The van der Waals surface area contributed by atoms with E-state index in [4.69, 9.17) is 9.05 Å². The van der Waals surface area contributed by atoms with E-state index in [1.165, 1.54) is 13.0 Å². The molecule has 190 valence electrons. The highest BCUT2D eigenvalue weighted by Gasteiger charge is 2.39. The second-order valence-electron chi connectivity index (χ2n) is 8.62. The number of pyridine rings is 1. The molecule has 1 amide bonds. The van der Waals surface area contributed by atoms with Crippen LogP contribution >= 0.6 is 0 Å². The van der Waals surface area contributed by atoms with Crippen molar-refractivity contribution in [2.75, 3.05) is 5.32 Å². The molecule has 0 unspecified atom stereocenters. The van der Waals surface area contributed by atoms with Gasteiger partial charge in [0, 0.05) is 11.5 Å². The van der Waals surface area contributed by atoms with Gasteiger partial charge in [0.2, 0.25) is 0 Å². The quantitative estimate of drug-likeness (QED) is 0.326. The Bertz CT molecular complexity index is 1630. The topological polar surface area (TPSA) is 112 Å². The molecule has 1 aromatic carbocycles. The Labute approximate surface area is 208 Å². The standard InChI is InChI=1S/C25H21F3N6O3/c1-12-9-16(33-36-12)11-34-14(3)22(23(31-34)25(26,27)28)30-24(35)18-10-20(21-13(2)32-37-15(21)4)29-19-8-6-5-7-17(18)19/h5-10H,11H2,1-4H3,(H,30,35). The molecule has 0 atom stereocenters. The zero-order valence-corrected chi connectivity index (χ0v) is 20.3. The van der Waals surface area contributed by atoms with Crippen LogP contribution < -0.4 is 5.32 Å². The molecule has 0 radical (unpaired) electrons. The maximum Gasteiger partial charge on any atom is 0.437 e. The molecule has 0 aliphatic carbocycles.